The highest BCUT2D eigenvalue weighted by atomic mass is 28.3. The molecule has 0 saturated carbocycles. The van der Waals surface area contributed by atoms with E-state index in [0.29, 0.717) is 0 Å². The van der Waals surface area contributed by atoms with Crippen LogP contribution in [0, 0.1) is 10.8 Å². The molecule has 0 aliphatic carbocycles. The fourth-order valence-electron chi connectivity index (χ4n) is 6.37. The molecule has 0 N–H and O–H groups in total. The third-order valence-electron chi connectivity index (χ3n) is 8.71. The van der Waals surface area contributed by atoms with Crippen molar-refractivity contribution in [1.82, 2.24) is 0 Å². The summed E-state index contributed by atoms with van der Waals surface area (Å²) >= 11 is 0. The molecule has 2 radical (unpaired) electrons. The van der Waals surface area contributed by atoms with E-state index in [0.717, 1.165) is 32.3 Å². The van der Waals surface area contributed by atoms with E-state index >= 15 is 0 Å². The Kier molecular flexibility index (Phi) is 15.2. The summed E-state index contributed by atoms with van der Waals surface area (Å²) in [5, 5.41) is 0. The zero-order valence-electron chi connectivity index (χ0n) is 31.9. The summed E-state index contributed by atoms with van der Waals surface area (Å²) in [6.45, 7) is 27.9. The summed E-state index contributed by atoms with van der Waals surface area (Å²) < 4.78 is 25.6. The molecule has 1 aliphatic heterocycles. The van der Waals surface area contributed by atoms with Gasteiger partial charge < -0.3 is 18.3 Å². The van der Waals surface area contributed by atoms with Crippen LogP contribution in [0.15, 0.2) is 42.5 Å². The molecule has 0 amide bonds. The van der Waals surface area contributed by atoms with Crippen molar-refractivity contribution < 1.29 is 18.3 Å². The normalized spacial score (nSPS) is 18.0. The summed E-state index contributed by atoms with van der Waals surface area (Å²) in [5.74, 6) is 0. The van der Waals surface area contributed by atoms with Crippen molar-refractivity contribution in [1.29, 1.82) is 0 Å². The van der Waals surface area contributed by atoms with Crippen molar-refractivity contribution in [3.63, 3.8) is 0 Å². The number of aryl methyl sites for hydroxylation is 1. The van der Waals surface area contributed by atoms with Gasteiger partial charge >= 0.3 is 0 Å². The van der Waals surface area contributed by atoms with E-state index in [4.69, 9.17) is 18.3 Å². The predicted octanol–water partition coefficient (Wildman–Crippen LogP) is 12.0. The van der Waals surface area contributed by atoms with E-state index in [9.17, 15) is 0 Å². The molecule has 3 rings (SSSR count). The molecule has 2 aromatic rings. The van der Waals surface area contributed by atoms with Gasteiger partial charge in [0.1, 0.15) is 0 Å². The minimum atomic E-state index is -0.923. The average Bonchev–Trinajstić information content (AvgIpc) is 2.96. The van der Waals surface area contributed by atoms with E-state index in [1.54, 1.807) is 0 Å². The van der Waals surface area contributed by atoms with Gasteiger partial charge in [-0.2, -0.15) is 0 Å². The third kappa shape index (κ3) is 13.7. The van der Waals surface area contributed by atoms with E-state index in [2.05, 4.69) is 136 Å². The van der Waals surface area contributed by atoms with Crippen molar-refractivity contribution >= 4 is 30.2 Å². The first-order chi connectivity index (χ1) is 21.9. The molecule has 4 nitrogen and oxygen atoms in total. The smallest absolute Gasteiger partial charge is 0.205 e. The molecule has 3 atom stereocenters. The van der Waals surface area contributed by atoms with Gasteiger partial charge in [-0.3, -0.25) is 0 Å². The summed E-state index contributed by atoms with van der Waals surface area (Å²) in [6, 6.07) is 15.9. The minimum absolute atomic E-state index is 0.00590. The molecule has 1 aliphatic rings. The number of ether oxygens (including phenoxy) is 2. The molecule has 1 saturated heterocycles. The maximum Gasteiger partial charge on any atom is 0.205 e. The molecule has 0 aromatic heterocycles. The van der Waals surface area contributed by atoms with Crippen LogP contribution in [0.1, 0.15) is 140 Å². The first-order valence-corrected chi connectivity index (χ1v) is 22.9. The van der Waals surface area contributed by atoms with Crippen LogP contribution in [0.2, 0.25) is 26.2 Å². The summed E-state index contributed by atoms with van der Waals surface area (Å²) in [7, 11) is -1.83. The van der Waals surface area contributed by atoms with Crippen LogP contribution >= 0.6 is 0 Å². The second-order valence-electron chi connectivity index (χ2n) is 16.7. The Morgan fingerprint density at radius 3 is 1.94 bits per heavy atom. The maximum atomic E-state index is 6.77. The van der Waals surface area contributed by atoms with Gasteiger partial charge in [0.15, 0.2) is 6.29 Å². The van der Waals surface area contributed by atoms with Crippen molar-refractivity contribution in [2.24, 2.45) is 10.8 Å². The Bertz CT molecular complexity index is 1250. The number of hydrogen-bond donors (Lipinski definition) is 0. The zero-order valence-corrected chi connectivity index (χ0v) is 33.9. The number of benzene rings is 2. The average molecular weight is 679 g/mol. The summed E-state index contributed by atoms with van der Waals surface area (Å²) in [5.41, 5.74) is 6.17. The Hall–Kier alpha value is -1.55. The summed E-state index contributed by atoms with van der Waals surface area (Å²) in [4.78, 5) is 0. The second kappa shape index (κ2) is 17.9. The van der Waals surface area contributed by atoms with Gasteiger partial charge in [0.05, 0.1) is 17.8 Å². The van der Waals surface area contributed by atoms with Gasteiger partial charge in [-0.15, -0.1) is 0 Å². The quantitative estimate of drug-likeness (QED) is 0.101. The van der Waals surface area contributed by atoms with Gasteiger partial charge in [0.2, 0.25) is 18.1 Å². The topological polar surface area (TPSA) is 36.9 Å². The lowest BCUT2D eigenvalue weighted by atomic mass is 9.77. The van der Waals surface area contributed by atoms with E-state index < -0.39 is 18.1 Å². The number of unbranched alkanes of at least 4 members (excludes halogenated alkanes) is 2. The summed E-state index contributed by atoms with van der Waals surface area (Å²) in [6.07, 6.45) is 13.6. The molecular formula is C41H66O4Si2. The highest BCUT2D eigenvalue weighted by molar-refractivity contribution is 6.48. The molecule has 262 valence electrons. The van der Waals surface area contributed by atoms with Crippen LogP contribution in [0.25, 0.3) is 12.2 Å². The Morgan fingerprint density at radius 1 is 0.745 bits per heavy atom. The van der Waals surface area contributed by atoms with Crippen LogP contribution in [-0.2, 0) is 24.7 Å². The van der Waals surface area contributed by atoms with Gasteiger partial charge in [-0.05, 0) is 123 Å². The van der Waals surface area contributed by atoms with Crippen molar-refractivity contribution in [3.8, 4) is 0 Å². The maximum absolute atomic E-state index is 6.77. The largest absolute Gasteiger partial charge is 0.410 e. The van der Waals surface area contributed by atoms with Crippen molar-refractivity contribution in [2.75, 3.05) is 6.61 Å². The lowest BCUT2D eigenvalue weighted by Crippen LogP contribution is -2.34. The van der Waals surface area contributed by atoms with E-state index in [1.165, 1.54) is 53.5 Å². The molecule has 1 heterocycles. The molecule has 6 heteroatoms. The first kappa shape index (κ1) is 39.9. The van der Waals surface area contributed by atoms with Gasteiger partial charge in [-0.25, -0.2) is 0 Å². The Balaban J connectivity index is 1.73. The van der Waals surface area contributed by atoms with Crippen molar-refractivity contribution in [2.45, 2.75) is 157 Å². The Labute approximate surface area is 292 Å². The van der Waals surface area contributed by atoms with Crippen LogP contribution in [-0.4, -0.2) is 36.6 Å². The van der Waals surface area contributed by atoms with E-state index in [-0.39, 0.29) is 34.9 Å². The minimum Gasteiger partial charge on any atom is -0.410 e. The molecule has 2 aromatic carbocycles. The van der Waals surface area contributed by atoms with Crippen LogP contribution in [0.4, 0.5) is 0 Å². The number of rotatable bonds is 16. The molecule has 0 bridgehead atoms. The highest BCUT2D eigenvalue weighted by Crippen LogP contribution is 2.45. The fraction of sp³-hybridized carbons (Fsp3) is 0.659. The standard InChI is InChI=1S/C41H66O4Si2/c1-39(2,3)37(44-46(9)10)34-26-25-33(30-35(34)38(40(4,5)6)45-47(11)12)24-23-32-21-18-20-31(29-32)19-14-13-16-27-41(7,8)43-36-22-15-17-28-42-36/h18,20-21,23-26,29-30,36-38H,13-17,19,22,27-28H2,1-12H3. The van der Waals surface area contributed by atoms with Crippen molar-refractivity contribution in [3.05, 3.63) is 70.3 Å². The monoisotopic (exact) mass is 678 g/mol. The molecule has 0 spiro atoms. The molecule has 3 unspecified atom stereocenters. The van der Waals surface area contributed by atoms with Gasteiger partial charge in [0.25, 0.3) is 0 Å². The predicted molar refractivity (Wildman–Crippen MR) is 204 cm³/mol. The van der Waals surface area contributed by atoms with E-state index in [1.807, 2.05) is 0 Å². The lowest BCUT2D eigenvalue weighted by molar-refractivity contribution is -0.217. The van der Waals surface area contributed by atoms with Crippen LogP contribution in [0.5, 0.6) is 0 Å². The van der Waals surface area contributed by atoms with Crippen LogP contribution < -0.4 is 0 Å². The molecule has 1 fully saturated rings. The number of hydrogen-bond acceptors (Lipinski definition) is 4. The first-order valence-electron chi connectivity index (χ1n) is 18.1. The zero-order chi connectivity index (χ0) is 34.8. The SMILES string of the molecule is C[Si](C)OC(c1ccc(C=Cc2cccc(CCCCCC(C)(C)OC3CCCCO3)c2)cc1C(O[Si](C)C)C(C)(C)C)C(C)(C)C. The van der Waals surface area contributed by atoms with Gasteiger partial charge in [-0.1, -0.05) is 103 Å². The third-order valence-corrected chi connectivity index (χ3v) is 10.1. The van der Waals surface area contributed by atoms with Gasteiger partial charge in [0, 0.05) is 6.61 Å². The second-order valence-corrected chi connectivity index (χ2v) is 20.8. The fourth-order valence-corrected chi connectivity index (χ4v) is 8.27. The molecule has 47 heavy (non-hydrogen) atoms. The lowest BCUT2D eigenvalue weighted by Gasteiger charge is -2.39. The Morgan fingerprint density at radius 2 is 1.36 bits per heavy atom. The molecular weight excluding hydrogens is 613 g/mol. The highest BCUT2D eigenvalue weighted by Gasteiger charge is 2.36. The van der Waals surface area contributed by atoms with Crippen LogP contribution in [0.3, 0.4) is 0 Å².